The first kappa shape index (κ1) is 15.1. The number of nitrogens with zero attached hydrogens (tertiary/aromatic N) is 3. The topological polar surface area (TPSA) is 38.7 Å². The summed E-state index contributed by atoms with van der Waals surface area (Å²) in [5, 5.41) is 2.53. The van der Waals surface area contributed by atoms with Gasteiger partial charge in [0.1, 0.15) is 5.15 Å². The third-order valence-corrected chi connectivity index (χ3v) is 5.55. The summed E-state index contributed by atoms with van der Waals surface area (Å²) in [5.41, 5.74) is 2.77. The van der Waals surface area contributed by atoms with Crippen molar-refractivity contribution < 1.29 is 0 Å². The average Bonchev–Trinajstić information content (AvgIpc) is 2.87. The molecule has 0 amide bonds. The lowest BCUT2D eigenvalue weighted by atomic mass is 9.92. The summed E-state index contributed by atoms with van der Waals surface area (Å²) < 4.78 is 2.04. The highest BCUT2D eigenvalue weighted by Crippen LogP contribution is 2.32. The average molecular weight is 430 g/mol. The van der Waals surface area contributed by atoms with Crippen molar-refractivity contribution in [1.29, 1.82) is 0 Å². The highest BCUT2D eigenvalue weighted by Gasteiger charge is 2.23. The van der Waals surface area contributed by atoms with Crippen molar-refractivity contribution in [2.24, 2.45) is 0 Å². The van der Waals surface area contributed by atoms with Crippen molar-refractivity contribution in [1.82, 2.24) is 15.0 Å². The predicted octanol–water partition coefficient (Wildman–Crippen LogP) is 5.31. The third-order valence-electron chi connectivity index (χ3n) is 3.08. The number of aromatic nitrogens is 3. The van der Waals surface area contributed by atoms with Crippen LogP contribution in [0.25, 0.3) is 21.6 Å². The molecule has 0 N–H and O–H groups in total. The van der Waals surface area contributed by atoms with Crippen molar-refractivity contribution in [3.05, 3.63) is 38.1 Å². The minimum atomic E-state index is -0.0850. The maximum absolute atomic E-state index is 6.30. The second kappa shape index (κ2) is 5.44. The van der Waals surface area contributed by atoms with Crippen LogP contribution in [0.1, 0.15) is 26.5 Å². The molecule has 21 heavy (non-hydrogen) atoms. The molecule has 3 rings (SSSR count). The molecule has 0 aliphatic carbocycles. The van der Waals surface area contributed by atoms with E-state index in [0.717, 1.165) is 25.0 Å². The normalized spacial score (nSPS) is 12.0. The van der Waals surface area contributed by atoms with E-state index in [1.807, 2.05) is 11.4 Å². The zero-order valence-corrected chi connectivity index (χ0v) is 15.5. The van der Waals surface area contributed by atoms with Crippen molar-refractivity contribution >= 4 is 55.7 Å². The number of hydrogen-bond donors (Lipinski definition) is 0. The summed E-state index contributed by atoms with van der Waals surface area (Å²) in [6.45, 7) is 6.37. The smallest absolute Gasteiger partial charge is 0.162 e. The van der Waals surface area contributed by atoms with Gasteiger partial charge in [0.15, 0.2) is 5.82 Å². The molecule has 0 aliphatic heterocycles. The Morgan fingerprint density at radius 1 is 1.24 bits per heavy atom. The first-order chi connectivity index (χ1) is 9.86. The van der Waals surface area contributed by atoms with Gasteiger partial charge in [0.25, 0.3) is 0 Å². The molecule has 3 aromatic heterocycles. The molecule has 0 bridgehead atoms. The van der Waals surface area contributed by atoms with Gasteiger partial charge in [-0.2, -0.15) is 0 Å². The molecule has 0 fully saturated rings. The van der Waals surface area contributed by atoms with Crippen LogP contribution in [0, 0.1) is 3.57 Å². The monoisotopic (exact) mass is 429 g/mol. The van der Waals surface area contributed by atoms with Crippen molar-refractivity contribution in [3.63, 3.8) is 0 Å². The van der Waals surface area contributed by atoms with Gasteiger partial charge in [-0.3, -0.25) is 4.98 Å². The second-order valence-corrected chi connectivity index (χ2v) is 8.16. The van der Waals surface area contributed by atoms with Gasteiger partial charge in [-0.1, -0.05) is 32.4 Å². The Morgan fingerprint density at radius 3 is 2.71 bits per heavy atom. The quantitative estimate of drug-likeness (QED) is 0.389. The number of pyridine rings is 1. The maximum Gasteiger partial charge on any atom is 0.162 e. The zero-order chi connectivity index (χ0) is 15.2. The van der Waals surface area contributed by atoms with Crippen molar-refractivity contribution in [2.45, 2.75) is 26.2 Å². The standard InChI is InChI=1S/C15H13ClIN3S/c1-15(2,3)12-11(17)13(16)20-14(19-12)8-6-10-9(18-7-8)4-5-21-10/h4-7H,1-3H3. The molecule has 0 spiro atoms. The Hall–Kier alpha value is -0.790. The van der Waals surface area contributed by atoms with Gasteiger partial charge < -0.3 is 0 Å². The highest BCUT2D eigenvalue weighted by atomic mass is 127. The number of halogens is 2. The van der Waals surface area contributed by atoms with Crippen LogP contribution in [-0.2, 0) is 5.41 Å². The van der Waals surface area contributed by atoms with Crippen LogP contribution in [0.15, 0.2) is 23.7 Å². The van der Waals surface area contributed by atoms with Crippen LogP contribution < -0.4 is 0 Å². The summed E-state index contributed by atoms with van der Waals surface area (Å²) in [6.07, 6.45) is 1.81. The molecule has 0 saturated heterocycles. The largest absolute Gasteiger partial charge is 0.255 e. The van der Waals surface area contributed by atoms with Crippen LogP contribution in [0.2, 0.25) is 5.15 Å². The number of rotatable bonds is 1. The Bertz CT molecular complexity index is 823. The van der Waals surface area contributed by atoms with E-state index < -0.39 is 0 Å². The first-order valence-electron chi connectivity index (χ1n) is 6.43. The number of hydrogen-bond acceptors (Lipinski definition) is 4. The Labute approximate surface area is 145 Å². The summed E-state index contributed by atoms with van der Waals surface area (Å²) in [5.74, 6) is 0.633. The van der Waals surface area contributed by atoms with E-state index in [1.165, 1.54) is 0 Å². The van der Waals surface area contributed by atoms with E-state index in [2.05, 4.69) is 59.4 Å². The number of fused-ring (bicyclic) bond motifs is 1. The van der Waals surface area contributed by atoms with Crippen LogP contribution >= 0.6 is 45.5 Å². The van der Waals surface area contributed by atoms with Crippen molar-refractivity contribution in [3.8, 4) is 11.4 Å². The lowest BCUT2D eigenvalue weighted by Crippen LogP contribution is -2.17. The maximum atomic E-state index is 6.30. The second-order valence-electron chi connectivity index (χ2n) is 5.78. The van der Waals surface area contributed by atoms with E-state index in [1.54, 1.807) is 17.5 Å². The van der Waals surface area contributed by atoms with Gasteiger partial charge in [-0.15, -0.1) is 11.3 Å². The molecule has 0 saturated carbocycles. The predicted molar refractivity (Wildman–Crippen MR) is 97.1 cm³/mol. The SMILES string of the molecule is CC(C)(C)c1nc(-c2cnc3ccsc3c2)nc(Cl)c1I. The fraction of sp³-hybridized carbons (Fsp3) is 0.267. The molecular weight excluding hydrogens is 417 g/mol. The summed E-state index contributed by atoms with van der Waals surface area (Å²) in [4.78, 5) is 13.6. The van der Waals surface area contributed by atoms with E-state index >= 15 is 0 Å². The van der Waals surface area contributed by atoms with Crippen LogP contribution in [0.5, 0.6) is 0 Å². The lowest BCUT2D eigenvalue weighted by molar-refractivity contribution is 0.563. The molecule has 0 unspecified atom stereocenters. The molecular formula is C15H13ClIN3S. The van der Waals surface area contributed by atoms with Gasteiger partial charge in [0.05, 0.1) is 19.5 Å². The van der Waals surface area contributed by atoms with Gasteiger partial charge in [0, 0.05) is 17.2 Å². The molecule has 3 nitrogen and oxygen atoms in total. The van der Waals surface area contributed by atoms with E-state index in [-0.39, 0.29) is 5.41 Å². The van der Waals surface area contributed by atoms with Crippen LogP contribution in [0.4, 0.5) is 0 Å². The Balaban J connectivity index is 2.20. The lowest BCUT2D eigenvalue weighted by Gasteiger charge is -2.20. The van der Waals surface area contributed by atoms with Gasteiger partial charge in [-0.05, 0) is 40.1 Å². The fourth-order valence-corrected chi connectivity index (χ4v) is 4.01. The van der Waals surface area contributed by atoms with Crippen LogP contribution in [-0.4, -0.2) is 15.0 Å². The molecule has 6 heteroatoms. The first-order valence-corrected chi connectivity index (χ1v) is 8.77. The van der Waals surface area contributed by atoms with E-state index in [0.29, 0.717) is 11.0 Å². The summed E-state index contributed by atoms with van der Waals surface area (Å²) in [6, 6.07) is 4.07. The molecule has 3 aromatic rings. The molecule has 0 aromatic carbocycles. The molecule has 0 aliphatic rings. The minimum Gasteiger partial charge on any atom is -0.255 e. The Kier molecular flexibility index (Phi) is 3.92. The van der Waals surface area contributed by atoms with E-state index in [4.69, 9.17) is 16.6 Å². The summed E-state index contributed by atoms with van der Waals surface area (Å²) >= 11 is 10.2. The van der Waals surface area contributed by atoms with Crippen molar-refractivity contribution in [2.75, 3.05) is 0 Å². The van der Waals surface area contributed by atoms with Gasteiger partial charge in [0.2, 0.25) is 0 Å². The molecule has 0 radical (unpaired) electrons. The molecule has 3 heterocycles. The van der Waals surface area contributed by atoms with Gasteiger partial charge in [-0.25, -0.2) is 9.97 Å². The molecule has 108 valence electrons. The summed E-state index contributed by atoms with van der Waals surface area (Å²) in [7, 11) is 0. The molecule has 0 atom stereocenters. The van der Waals surface area contributed by atoms with E-state index in [9.17, 15) is 0 Å². The fourth-order valence-electron chi connectivity index (χ4n) is 2.01. The minimum absolute atomic E-state index is 0.0850. The van der Waals surface area contributed by atoms with Gasteiger partial charge >= 0.3 is 0 Å². The Morgan fingerprint density at radius 2 is 2.00 bits per heavy atom. The zero-order valence-electron chi connectivity index (χ0n) is 11.8. The highest BCUT2D eigenvalue weighted by molar-refractivity contribution is 14.1. The third kappa shape index (κ3) is 2.91. The number of thiophene rings is 1. The van der Waals surface area contributed by atoms with Crippen LogP contribution in [0.3, 0.4) is 0 Å².